The van der Waals surface area contributed by atoms with Crippen LogP contribution in [0.3, 0.4) is 0 Å². The lowest BCUT2D eigenvalue weighted by atomic mass is 10.0. The highest BCUT2D eigenvalue weighted by molar-refractivity contribution is 5.29. The normalized spacial score (nSPS) is 25.1. The third-order valence-corrected chi connectivity index (χ3v) is 3.22. The summed E-state index contributed by atoms with van der Waals surface area (Å²) in [4.78, 5) is 8.44. The Kier molecular flexibility index (Phi) is 4.14. The molecule has 1 fully saturated rings. The van der Waals surface area contributed by atoms with Gasteiger partial charge in [-0.3, -0.25) is 0 Å². The van der Waals surface area contributed by atoms with Crippen LogP contribution in [-0.4, -0.2) is 29.2 Å². The predicted molar refractivity (Wildman–Crippen MR) is 67.1 cm³/mol. The molecule has 1 aliphatic rings. The monoisotopic (exact) mass is 236 g/mol. The number of aromatic nitrogens is 2. The molecular weight excluding hydrogens is 216 g/mol. The first kappa shape index (κ1) is 12.1. The second-order valence-electron chi connectivity index (χ2n) is 4.48. The lowest BCUT2D eigenvalue weighted by Gasteiger charge is -2.22. The van der Waals surface area contributed by atoms with E-state index in [9.17, 15) is 0 Å². The van der Waals surface area contributed by atoms with Crippen LogP contribution in [0, 0.1) is 0 Å². The third-order valence-electron chi connectivity index (χ3n) is 3.22. The second kappa shape index (κ2) is 5.82. The number of nitrogens with zero attached hydrogens (tertiary/aromatic N) is 2. The first-order chi connectivity index (χ1) is 8.29. The molecule has 0 spiro atoms. The van der Waals surface area contributed by atoms with Crippen LogP contribution in [0.2, 0.25) is 0 Å². The Bertz CT molecular complexity index is 358. The van der Waals surface area contributed by atoms with Gasteiger partial charge in [0.1, 0.15) is 0 Å². The molecule has 5 heteroatoms. The number of ether oxygens (including phenoxy) is 1. The van der Waals surface area contributed by atoms with Crippen LogP contribution in [0.15, 0.2) is 12.3 Å². The van der Waals surface area contributed by atoms with Gasteiger partial charge in [-0.1, -0.05) is 19.3 Å². The van der Waals surface area contributed by atoms with E-state index in [0.717, 1.165) is 12.8 Å². The Morgan fingerprint density at radius 3 is 3.00 bits per heavy atom. The Morgan fingerprint density at radius 1 is 1.35 bits per heavy atom. The van der Waals surface area contributed by atoms with Crippen LogP contribution >= 0.6 is 0 Å². The molecule has 1 aromatic rings. The molecule has 2 unspecified atom stereocenters. The molecule has 0 bridgehead atoms. The molecule has 5 nitrogen and oxygen atoms in total. The van der Waals surface area contributed by atoms with Crippen LogP contribution in [0.25, 0.3) is 0 Å². The highest BCUT2D eigenvalue weighted by Gasteiger charge is 2.20. The van der Waals surface area contributed by atoms with Gasteiger partial charge in [0.15, 0.2) is 0 Å². The number of methoxy groups -OCH3 is 1. The number of anilines is 1. The van der Waals surface area contributed by atoms with Crippen molar-refractivity contribution in [3.05, 3.63) is 12.3 Å². The molecule has 17 heavy (non-hydrogen) atoms. The van der Waals surface area contributed by atoms with Crippen molar-refractivity contribution in [2.45, 2.75) is 44.2 Å². The fraction of sp³-hybridized carbons (Fsp3) is 0.667. The van der Waals surface area contributed by atoms with E-state index in [-0.39, 0.29) is 12.1 Å². The van der Waals surface area contributed by atoms with Crippen molar-refractivity contribution in [3.63, 3.8) is 0 Å². The summed E-state index contributed by atoms with van der Waals surface area (Å²) in [7, 11) is 1.60. The minimum atomic E-state index is 0.187. The first-order valence-electron chi connectivity index (χ1n) is 6.19. The number of nitrogens with one attached hydrogen (secondary N) is 1. The third kappa shape index (κ3) is 3.30. The lowest BCUT2D eigenvalue weighted by Crippen LogP contribution is -2.39. The van der Waals surface area contributed by atoms with E-state index in [2.05, 4.69) is 15.3 Å². The summed E-state index contributed by atoms with van der Waals surface area (Å²) >= 11 is 0. The fourth-order valence-corrected chi connectivity index (χ4v) is 2.21. The van der Waals surface area contributed by atoms with Crippen molar-refractivity contribution >= 4 is 5.95 Å². The summed E-state index contributed by atoms with van der Waals surface area (Å²) in [5, 5.41) is 3.32. The molecular formula is C12H20N4O. The van der Waals surface area contributed by atoms with Crippen molar-refractivity contribution in [1.29, 1.82) is 0 Å². The van der Waals surface area contributed by atoms with Crippen LogP contribution in [0.5, 0.6) is 5.88 Å². The Labute approximate surface area is 102 Å². The van der Waals surface area contributed by atoms with E-state index in [4.69, 9.17) is 10.5 Å². The molecule has 1 aromatic heterocycles. The maximum atomic E-state index is 6.15. The number of hydrogen-bond acceptors (Lipinski definition) is 5. The molecule has 0 radical (unpaired) electrons. The standard InChI is InChI=1S/C12H20N4O/c1-17-11-7-8-14-12(16-11)15-10-6-4-2-3-5-9(10)13/h7-10H,2-6,13H2,1H3,(H,14,15,16). The molecule has 0 amide bonds. The highest BCUT2D eigenvalue weighted by Crippen LogP contribution is 2.19. The van der Waals surface area contributed by atoms with Gasteiger partial charge in [-0.25, -0.2) is 4.98 Å². The minimum absolute atomic E-state index is 0.187. The van der Waals surface area contributed by atoms with Crippen LogP contribution in [-0.2, 0) is 0 Å². The van der Waals surface area contributed by atoms with E-state index in [1.807, 2.05) is 0 Å². The zero-order chi connectivity index (χ0) is 12.1. The van der Waals surface area contributed by atoms with Crippen LogP contribution < -0.4 is 15.8 Å². The van der Waals surface area contributed by atoms with Gasteiger partial charge in [0.2, 0.25) is 11.8 Å². The van der Waals surface area contributed by atoms with E-state index in [0.29, 0.717) is 11.8 Å². The smallest absolute Gasteiger partial charge is 0.226 e. The highest BCUT2D eigenvalue weighted by atomic mass is 16.5. The Morgan fingerprint density at radius 2 is 2.18 bits per heavy atom. The zero-order valence-corrected chi connectivity index (χ0v) is 10.2. The largest absolute Gasteiger partial charge is 0.481 e. The zero-order valence-electron chi connectivity index (χ0n) is 10.2. The molecule has 1 saturated carbocycles. The maximum Gasteiger partial charge on any atom is 0.226 e. The number of nitrogens with two attached hydrogens (primary N) is 1. The summed E-state index contributed by atoms with van der Waals surface area (Å²) < 4.78 is 5.07. The van der Waals surface area contributed by atoms with Crippen molar-refractivity contribution in [1.82, 2.24) is 9.97 Å². The average Bonchev–Trinajstić information content (AvgIpc) is 2.55. The van der Waals surface area contributed by atoms with E-state index in [1.54, 1.807) is 19.4 Å². The lowest BCUT2D eigenvalue weighted by molar-refractivity contribution is 0.397. The maximum absolute atomic E-state index is 6.15. The van der Waals surface area contributed by atoms with Gasteiger partial charge in [-0.05, 0) is 12.8 Å². The van der Waals surface area contributed by atoms with Gasteiger partial charge in [-0.15, -0.1) is 0 Å². The summed E-state index contributed by atoms with van der Waals surface area (Å²) in [5.41, 5.74) is 6.15. The van der Waals surface area contributed by atoms with Gasteiger partial charge in [-0.2, -0.15) is 4.98 Å². The Balaban J connectivity index is 2.02. The molecule has 1 aliphatic carbocycles. The molecule has 0 aromatic carbocycles. The SMILES string of the molecule is COc1ccnc(NC2CCCCCC2N)n1. The van der Waals surface area contributed by atoms with Crippen LogP contribution in [0.1, 0.15) is 32.1 Å². The summed E-state index contributed by atoms with van der Waals surface area (Å²) in [5.74, 6) is 1.18. The van der Waals surface area contributed by atoms with Gasteiger partial charge >= 0.3 is 0 Å². The first-order valence-corrected chi connectivity index (χ1v) is 6.19. The fourth-order valence-electron chi connectivity index (χ4n) is 2.21. The topological polar surface area (TPSA) is 73.1 Å². The minimum Gasteiger partial charge on any atom is -0.481 e. The summed E-state index contributed by atoms with van der Waals surface area (Å²) in [6, 6.07) is 2.19. The van der Waals surface area contributed by atoms with Gasteiger partial charge < -0.3 is 15.8 Å². The number of hydrogen-bond donors (Lipinski definition) is 2. The quantitative estimate of drug-likeness (QED) is 0.779. The van der Waals surface area contributed by atoms with E-state index in [1.165, 1.54) is 19.3 Å². The van der Waals surface area contributed by atoms with Gasteiger partial charge in [0.25, 0.3) is 0 Å². The molecule has 0 aliphatic heterocycles. The van der Waals surface area contributed by atoms with E-state index < -0.39 is 0 Å². The molecule has 1 heterocycles. The molecule has 3 N–H and O–H groups in total. The Hall–Kier alpha value is -1.36. The van der Waals surface area contributed by atoms with Crippen molar-refractivity contribution in [2.24, 2.45) is 5.73 Å². The van der Waals surface area contributed by atoms with Gasteiger partial charge in [0.05, 0.1) is 7.11 Å². The van der Waals surface area contributed by atoms with Crippen LogP contribution in [0.4, 0.5) is 5.95 Å². The molecule has 94 valence electrons. The van der Waals surface area contributed by atoms with Crippen molar-refractivity contribution < 1.29 is 4.74 Å². The van der Waals surface area contributed by atoms with E-state index >= 15 is 0 Å². The number of rotatable bonds is 3. The van der Waals surface area contributed by atoms with Gasteiger partial charge in [0, 0.05) is 24.3 Å². The molecule has 2 rings (SSSR count). The summed E-state index contributed by atoms with van der Waals surface area (Å²) in [6.45, 7) is 0. The molecule has 0 saturated heterocycles. The molecule has 2 atom stereocenters. The summed E-state index contributed by atoms with van der Waals surface area (Å²) in [6.07, 6.45) is 7.55. The predicted octanol–water partition coefficient (Wildman–Crippen LogP) is 1.56. The second-order valence-corrected chi connectivity index (χ2v) is 4.48. The average molecular weight is 236 g/mol. The van der Waals surface area contributed by atoms with Crippen molar-refractivity contribution in [3.8, 4) is 5.88 Å². The van der Waals surface area contributed by atoms with Crippen molar-refractivity contribution in [2.75, 3.05) is 12.4 Å².